The second-order valence-corrected chi connectivity index (χ2v) is 5.41. The average molecular weight is 258 g/mol. The molecule has 0 saturated carbocycles. The number of nitrogen functional groups attached to an aromatic ring is 1. The van der Waals surface area contributed by atoms with Gasteiger partial charge in [0.1, 0.15) is 0 Å². The van der Waals surface area contributed by atoms with Gasteiger partial charge in [-0.15, -0.1) is 6.58 Å². The van der Waals surface area contributed by atoms with Crippen LogP contribution in [0.15, 0.2) is 43.0 Å². The molecule has 1 aromatic rings. The van der Waals surface area contributed by atoms with Crippen molar-refractivity contribution in [2.24, 2.45) is 0 Å². The Morgan fingerprint density at radius 2 is 1.89 bits per heavy atom. The summed E-state index contributed by atoms with van der Waals surface area (Å²) in [5.41, 5.74) is 7.06. The highest BCUT2D eigenvalue weighted by atomic mass is 16.2. The average Bonchev–Trinajstić information content (AvgIpc) is 2.33. The van der Waals surface area contributed by atoms with Crippen LogP contribution in [0.4, 0.5) is 5.69 Å². The van der Waals surface area contributed by atoms with Crippen LogP contribution in [0.25, 0.3) is 6.08 Å². The Kier molecular flexibility index (Phi) is 4.93. The third-order valence-corrected chi connectivity index (χ3v) is 2.74. The van der Waals surface area contributed by atoms with Crippen LogP contribution in [0.5, 0.6) is 0 Å². The van der Waals surface area contributed by atoms with Crippen LogP contribution < -0.4 is 5.73 Å². The summed E-state index contributed by atoms with van der Waals surface area (Å²) in [5, 5.41) is 0. The number of anilines is 1. The minimum atomic E-state index is -0.225. The molecule has 1 rings (SSSR count). The lowest BCUT2D eigenvalue weighted by molar-refractivity contribution is -0.129. The molecule has 102 valence electrons. The van der Waals surface area contributed by atoms with Gasteiger partial charge in [0.05, 0.1) is 0 Å². The molecule has 0 aliphatic heterocycles. The largest absolute Gasteiger partial charge is 0.399 e. The molecule has 0 spiro atoms. The van der Waals surface area contributed by atoms with Crippen molar-refractivity contribution in [3.63, 3.8) is 0 Å². The Balaban J connectivity index is 2.81. The summed E-state index contributed by atoms with van der Waals surface area (Å²) in [6.07, 6.45) is 5.12. The zero-order valence-electron chi connectivity index (χ0n) is 11.9. The van der Waals surface area contributed by atoms with Crippen molar-refractivity contribution in [2.75, 3.05) is 12.3 Å². The van der Waals surface area contributed by atoms with Gasteiger partial charge in [0, 0.05) is 23.8 Å². The summed E-state index contributed by atoms with van der Waals surface area (Å²) >= 11 is 0. The van der Waals surface area contributed by atoms with Crippen molar-refractivity contribution >= 4 is 17.7 Å². The van der Waals surface area contributed by atoms with E-state index in [9.17, 15) is 4.79 Å². The molecule has 3 heteroatoms. The van der Waals surface area contributed by atoms with Gasteiger partial charge in [0.2, 0.25) is 5.91 Å². The SMILES string of the molecule is C=CCN(C(=O)/C=C/c1ccc(N)cc1)C(C)(C)C. The molecule has 0 aliphatic carbocycles. The van der Waals surface area contributed by atoms with E-state index in [1.807, 2.05) is 45.0 Å². The number of amides is 1. The number of rotatable bonds is 4. The summed E-state index contributed by atoms with van der Waals surface area (Å²) in [4.78, 5) is 14.0. The highest BCUT2D eigenvalue weighted by molar-refractivity contribution is 5.92. The minimum Gasteiger partial charge on any atom is -0.399 e. The van der Waals surface area contributed by atoms with E-state index in [1.165, 1.54) is 0 Å². The van der Waals surface area contributed by atoms with Crippen LogP contribution in [0.3, 0.4) is 0 Å². The molecule has 0 aliphatic rings. The molecule has 2 N–H and O–H groups in total. The Labute approximate surface area is 115 Å². The molecule has 0 atom stereocenters. The van der Waals surface area contributed by atoms with Crippen LogP contribution >= 0.6 is 0 Å². The minimum absolute atomic E-state index is 0.0239. The van der Waals surface area contributed by atoms with Crippen molar-refractivity contribution < 1.29 is 4.79 Å². The lowest BCUT2D eigenvalue weighted by Crippen LogP contribution is -2.44. The van der Waals surface area contributed by atoms with E-state index in [0.29, 0.717) is 12.2 Å². The van der Waals surface area contributed by atoms with Gasteiger partial charge in [-0.2, -0.15) is 0 Å². The highest BCUT2D eigenvalue weighted by Gasteiger charge is 2.23. The van der Waals surface area contributed by atoms with Crippen LogP contribution in [0, 0.1) is 0 Å². The lowest BCUT2D eigenvalue weighted by atomic mass is 10.1. The number of carbonyl (C=O) groups is 1. The first kappa shape index (κ1) is 15.0. The van der Waals surface area contributed by atoms with Gasteiger partial charge in [-0.05, 0) is 44.5 Å². The first-order valence-corrected chi connectivity index (χ1v) is 6.30. The molecule has 3 nitrogen and oxygen atoms in total. The zero-order chi connectivity index (χ0) is 14.5. The first-order valence-electron chi connectivity index (χ1n) is 6.30. The molecule has 0 saturated heterocycles. The van der Waals surface area contributed by atoms with Crippen LogP contribution in [-0.2, 0) is 4.79 Å². The van der Waals surface area contributed by atoms with E-state index in [1.54, 1.807) is 23.1 Å². The van der Waals surface area contributed by atoms with Gasteiger partial charge in [-0.3, -0.25) is 4.79 Å². The van der Waals surface area contributed by atoms with Crippen molar-refractivity contribution in [3.8, 4) is 0 Å². The molecule has 0 heterocycles. The van der Waals surface area contributed by atoms with Crippen LogP contribution in [0.2, 0.25) is 0 Å². The lowest BCUT2D eigenvalue weighted by Gasteiger charge is -2.34. The van der Waals surface area contributed by atoms with Crippen LogP contribution in [0.1, 0.15) is 26.3 Å². The maximum atomic E-state index is 12.2. The summed E-state index contributed by atoms with van der Waals surface area (Å²) in [5.74, 6) is -0.0239. The van der Waals surface area contributed by atoms with Gasteiger partial charge in [0.25, 0.3) is 0 Å². The smallest absolute Gasteiger partial charge is 0.247 e. The fraction of sp³-hybridized carbons (Fsp3) is 0.312. The van der Waals surface area contributed by atoms with Crippen molar-refractivity contribution in [1.29, 1.82) is 0 Å². The van der Waals surface area contributed by atoms with E-state index >= 15 is 0 Å². The summed E-state index contributed by atoms with van der Waals surface area (Å²) < 4.78 is 0. The summed E-state index contributed by atoms with van der Waals surface area (Å²) in [6.45, 7) is 10.2. The molecule has 1 amide bonds. The van der Waals surface area contributed by atoms with Crippen LogP contribution in [-0.4, -0.2) is 22.9 Å². The molecule has 0 unspecified atom stereocenters. The number of carbonyl (C=O) groups excluding carboxylic acids is 1. The van der Waals surface area contributed by atoms with E-state index in [0.717, 1.165) is 5.56 Å². The molecule has 19 heavy (non-hydrogen) atoms. The second kappa shape index (κ2) is 6.23. The standard InChI is InChI=1S/C16H22N2O/c1-5-12-18(16(2,3)4)15(19)11-8-13-6-9-14(17)10-7-13/h5-11H,1,12,17H2,2-4H3/b11-8+. The van der Waals surface area contributed by atoms with Gasteiger partial charge in [0.15, 0.2) is 0 Å². The van der Waals surface area contributed by atoms with E-state index < -0.39 is 0 Å². The number of nitrogens with zero attached hydrogens (tertiary/aromatic N) is 1. The van der Waals surface area contributed by atoms with Crippen molar-refractivity contribution in [1.82, 2.24) is 4.90 Å². The Morgan fingerprint density at radius 3 is 2.37 bits per heavy atom. The Bertz CT molecular complexity index is 467. The predicted molar refractivity (Wildman–Crippen MR) is 81.6 cm³/mol. The number of benzene rings is 1. The second-order valence-electron chi connectivity index (χ2n) is 5.41. The molecule has 0 fully saturated rings. The fourth-order valence-electron chi connectivity index (χ4n) is 1.69. The molecular formula is C16H22N2O. The number of hydrogen-bond acceptors (Lipinski definition) is 2. The Morgan fingerprint density at radius 1 is 1.32 bits per heavy atom. The van der Waals surface area contributed by atoms with E-state index in [4.69, 9.17) is 5.73 Å². The summed E-state index contributed by atoms with van der Waals surface area (Å²) in [6, 6.07) is 7.40. The normalized spacial score (nSPS) is 11.5. The number of nitrogens with two attached hydrogens (primary N) is 1. The van der Waals surface area contributed by atoms with Crippen molar-refractivity contribution in [2.45, 2.75) is 26.3 Å². The maximum absolute atomic E-state index is 12.2. The highest BCUT2D eigenvalue weighted by Crippen LogP contribution is 2.14. The molecular weight excluding hydrogens is 236 g/mol. The van der Waals surface area contributed by atoms with E-state index in [2.05, 4.69) is 6.58 Å². The molecule has 0 bridgehead atoms. The quantitative estimate of drug-likeness (QED) is 0.512. The molecule has 0 radical (unpaired) electrons. The molecule has 0 aromatic heterocycles. The van der Waals surface area contributed by atoms with Crippen molar-refractivity contribution in [3.05, 3.63) is 48.6 Å². The zero-order valence-corrected chi connectivity index (χ0v) is 11.9. The third kappa shape index (κ3) is 4.62. The van der Waals surface area contributed by atoms with E-state index in [-0.39, 0.29) is 11.4 Å². The van der Waals surface area contributed by atoms with Gasteiger partial charge in [-0.1, -0.05) is 18.2 Å². The maximum Gasteiger partial charge on any atom is 0.247 e. The third-order valence-electron chi connectivity index (χ3n) is 2.74. The predicted octanol–water partition coefficient (Wildman–Crippen LogP) is 3.10. The summed E-state index contributed by atoms with van der Waals surface area (Å²) in [7, 11) is 0. The Hall–Kier alpha value is -2.03. The monoisotopic (exact) mass is 258 g/mol. The van der Waals surface area contributed by atoms with Gasteiger partial charge in [-0.25, -0.2) is 0 Å². The topological polar surface area (TPSA) is 46.3 Å². The number of hydrogen-bond donors (Lipinski definition) is 1. The van der Waals surface area contributed by atoms with Gasteiger partial charge < -0.3 is 10.6 Å². The first-order chi connectivity index (χ1) is 8.84. The van der Waals surface area contributed by atoms with Gasteiger partial charge >= 0.3 is 0 Å². The fourth-order valence-corrected chi connectivity index (χ4v) is 1.69. The molecule has 1 aromatic carbocycles.